The molecule has 0 aliphatic heterocycles. The fourth-order valence-electron chi connectivity index (χ4n) is 7.18. The Bertz CT molecular complexity index is 2650. The topological polar surface area (TPSA) is 33.6 Å². The van der Waals surface area contributed by atoms with E-state index in [1.165, 1.54) is 49.2 Å². The minimum absolute atomic E-state index is 0.656. The van der Waals surface area contributed by atoms with E-state index in [4.69, 9.17) is 0 Å². The van der Waals surface area contributed by atoms with Crippen LogP contribution in [-0.4, -0.2) is 9.13 Å². The summed E-state index contributed by atoms with van der Waals surface area (Å²) in [5.74, 6) is 0. The molecule has 0 aliphatic carbocycles. The summed E-state index contributed by atoms with van der Waals surface area (Å²) >= 11 is 0. The van der Waals surface area contributed by atoms with Gasteiger partial charge in [-0.25, -0.2) is 0 Å². The van der Waals surface area contributed by atoms with Gasteiger partial charge in [0.2, 0.25) is 0 Å². The standard InChI is InChI=1S/C43H27N3/c44-28-29-12-8-13-30(26-29)31-14-9-17-33(27-31)46-41-25-7-5-19-35(41)37-21-11-23-39(43(37)46)38-22-10-20-36-34-18-4-6-24-40(34)45(42(36)38)32-15-2-1-3-16-32/h1-27H. The van der Waals surface area contributed by atoms with Crippen LogP contribution in [0.2, 0.25) is 0 Å². The fraction of sp³-hybridized carbons (Fsp3) is 0. The van der Waals surface area contributed by atoms with E-state index < -0.39 is 0 Å². The third-order valence-corrected chi connectivity index (χ3v) is 9.12. The van der Waals surface area contributed by atoms with Crippen molar-refractivity contribution in [1.82, 2.24) is 9.13 Å². The first-order valence-corrected chi connectivity index (χ1v) is 15.5. The first-order valence-electron chi connectivity index (χ1n) is 15.5. The van der Waals surface area contributed by atoms with Crippen molar-refractivity contribution in [2.75, 3.05) is 0 Å². The molecule has 0 spiro atoms. The molecule has 9 aromatic rings. The third-order valence-electron chi connectivity index (χ3n) is 9.12. The van der Waals surface area contributed by atoms with Gasteiger partial charge >= 0.3 is 0 Å². The number of hydrogen-bond donors (Lipinski definition) is 0. The van der Waals surface area contributed by atoms with Crippen molar-refractivity contribution in [1.29, 1.82) is 5.26 Å². The van der Waals surface area contributed by atoms with Crippen molar-refractivity contribution in [3.63, 3.8) is 0 Å². The molecule has 0 unspecified atom stereocenters. The molecule has 0 saturated heterocycles. The van der Waals surface area contributed by atoms with Crippen LogP contribution in [0.3, 0.4) is 0 Å². The average Bonchev–Trinajstić information content (AvgIpc) is 3.65. The third kappa shape index (κ3) is 3.91. The first kappa shape index (κ1) is 26.1. The maximum atomic E-state index is 9.55. The highest BCUT2D eigenvalue weighted by Crippen LogP contribution is 2.43. The highest BCUT2D eigenvalue weighted by atomic mass is 15.0. The fourth-order valence-corrected chi connectivity index (χ4v) is 7.18. The Balaban J connectivity index is 1.39. The van der Waals surface area contributed by atoms with E-state index in [1.807, 2.05) is 18.2 Å². The SMILES string of the molecule is N#Cc1cccc(-c2cccc(-n3c4ccccc4c4cccc(-c5cccc6c7ccccc7n(-c7ccccc7)c56)c43)c2)c1. The number of fused-ring (bicyclic) bond motifs is 6. The van der Waals surface area contributed by atoms with Gasteiger partial charge < -0.3 is 9.13 Å². The van der Waals surface area contributed by atoms with Crippen molar-refractivity contribution < 1.29 is 0 Å². The van der Waals surface area contributed by atoms with Crippen molar-refractivity contribution >= 4 is 43.6 Å². The molecule has 0 fully saturated rings. The predicted molar refractivity (Wildman–Crippen MR) is 191 cm³/mol. The summed E-state index contributed by atoms with van der Waals surface area (Å²) in [5, 5.41) is 14.4. The maximum Gasteiger partial charge on any atom is 0.0991 e. The molecule has 0 amide bonds. The van der Waals surface area contributed by atoms with Crippen LogP contribution >= 0.6 is 0 Å². The molecule has 46 heavy (non-hydrogen) atoms. The second-order valence-corrected chi connectivity index (χ2v) is 11.7. The van der Waals surface area contributed by atoms with Gasteiger partial charge in [-0.1, -0.05) is 115 Å². The number of benzene rings is 7. The Morgan fingerprint density at radius 2 is 0.870 bits per heavy atom. The van der Waals surface area contributed by atoms with Gasteiger partial charge in [0.05, 0.1) is 33.7 Å². The maximum absolute atomic E-state index is 9.55. The van der Waals surface area contributed by atoms with Gasteiger partial charge in [0.25, 0.3) is 0 Å². The molecule has 0 N–H and O–H groups in total. The minimum atomic E-state index is 0.656. The van der Waals surface area contributed by atoms with Crippen LogP contribution in [0.5, 0.6) is 0 Å². The molecule has 0 atom stereocenters. The smallest absolute Gasteiger partial charge is 0.0991 e. The van der Waals surface area contributed by atoms with E-state index in [-0.39, 0.29) is 0 Å². The van der Waals surface area contributed by atoms with Crippen LogP contribution in [0.4, 0.5) is 0 Å². The molecule has 214 valence electrons. The van der Waals surface area contributed by atoms with Gasteiger partial charge in [-0.2, -0.15) is 5.26 Å². The largest absolute Gasteiger partial charge is 0.309 e. The number of rotatable bonds is 4. The second kappa shape index (κ2) is 10.4. The number of para-hydroxylation sites is 5. The van der Waals surface area contributed by atoms with Crippen molar-refractivity contribution in [2.45, 2.75) is 0 Å². The molecule has 2 aromatic heterocycles. The lowest BCUT2D eigenvalue weighted by Crippen LogP contribution is -1.98. The Labute approximate surface area is 266 Å². The summed E-state index contributed by atoms with van der Waals surface area (Å²) in [6, 6.07) is 60.2. The highest BCUT2D eigenvalue weighted by molar-refractivity contribution is 6.19. The molecule has 3 heteroatoms. The van der Waals surface area contributed by atoms with Crippen LogP contribution in [0.25, 0.3) is 77.2 Å². The quantitative estimate of drug-likeness (QED) is 0.202. The highest BCUT2D eigenvalue weighted by Gasteiger charge is 2.21. The number of nitrogens with zero attached hydrogens (tertiary/aromatic N) is 3. The lowest BCUT2D eigenvalue weighted by molar-refractivity contribution is 1.17. The molecule has 0 aliphatic rings. The van der Waals surface area contributed by atoms with Crippen LogP contribution in [0, 0.1) is 11.3 Å². The molecule has 2 heterocycles. The van der Waals surface area contributed by atoms with Gasteiger partial charge in [-0.05, 0) is 59.7 Å². The van der Waals surface area contributed by atoms with Gasteiger partial charge in [-0.15, -0.1) is 0 Å². The monoisotopic (exact) mass is 585 g/mol. The summed E-state index contributed by atoms with van der Waals surface area (Å²) in [5.41, 5.74) is 12.1. The molecule has 0 saturated carbocycles. The summed E-state index contributed by atoms with van der Waals surface area (Å²) in [6.07, 6.45) is 0. The first-order chi connectivity index (χ1) is 22.8. The second-order valence-electron chi connectivity index (χ2n) is 11.7. The zero-order valence-corrected chi connectivity index (χ0v) is 24.9. The Morgan fingerprint density at radius 3 is 1.50 bits per heavy atom. The molecular formula is C43H27N3. The van der Waals surface area contributed by atoms with Gasteiger partial charge in [0.1, 0.15) is 0 Å². The van der Waals surface area contributed by atoms with Gasteiger partial charge in [-0.3, -0.25) is 0 Å². The molecule has 0 radical (unpaired) electrons. The Hall–Kier alpha value is -6.37. The van der Waals surface area contributed by atoms with Crippen molar-refractivity contribution in [3.8, 4) is 39.7 Å². The van der Waals surface area contributed by atoms with Crippen LogP contribution in [0.1, 0.15) is 5.56 Å². The van der Waals surface area contributed by atoms with Crippen molar-refractivity contribution in [3.05, 3.63) is 169 Å². The van der Waals surface area contributed by atoms with Crippen LogP contribution in [-0.2, 0) is 0 Å². The van der Waals surface area contributed by atoms with E-state index >= 15 is 0 Å². The predicted octanol–water partition coefficient (Wildman–Crippen LogP) is 11.1. The van der Waals surface area contributed by atoms with E-state index in [0.717, 1.165) is 28.0 Å². The van der Waals surface area contributed by atoms with Crippen molar-refractivity contribution in [2.24, 2.45) is 0 Å². The summed E-state index contributed by atoms with van der Waals surface area (Å²) in [6.45, 7) is 0. The molecular weight excluding hydrogens is 558 g/mol. The lowest BCUT2D eigenvalue weighted by atomic mass is 9.99. The van der Waals surface area contributed by atoms with Crippen LogP contribution in [0.15, 0.2) is 164 Å². The summed E-state index contributed by atoms with van der Waals surface area (Å²) in [4.78, 5) is 0. The lowest BCUT2D eigenvalue weighted by Gasteiger charge is -2.15. The normalized spacial score (nSPS) is 11.5. The zero-order chi connectivity index (χ0) is 30.6. The zero-order valence-electron chi connectivity index (χ0n) is 24.9. The minimum Gasteiger partial charge on any atom is -0.309 e. The summed E-state index contributed by atoms with van der Waals surface area (Å²) in [7, 11) is 0. The molecule has 3 nitrogen and oxygen atoms in total. The Morgan fingerprint density at radius 1 is 0.391 bits per heavy atom. The number of hydrogen-bond acceptors (Lipinski definition) is 1. The van der Waals surface area contributed by atoms with E-state index in [0.29, 0.717) is 5.56 Å². The molecule has 9 rings (SSSR count). The van der Waals surface area contributed by atoms with Gasteiger partial charge in [0, 0.05) is 44.0 Å². The van der Waals surface area contributed by atoms with Gasteiger partial charge in [0.15, 0.2) is 0 Å². The molecule has 7 aromatic carbocycles. The number of nitriles is 1. The van der Waals surface area contributed by atoms with E-state index in [9.17, 15) is 5.26 Å². The summed E-state index contributed by atoms with van der Waals surface area (Å²) < 4.78 is 4.82. The average molecular weight is 586 g/mol. The van der Waals surface area contributed by atoms with Crippen LogP contribution < -0.4 is 0 Å². The van der Waals surface area contributed by atoms with E-state index in [1.54, 1.807) is 0 Å². The Kier molecular flexibility index (Phi) is 5.88. The van der Waals surface area contributed by atoms with E-state index in [2.05, 4.69) is 161 Å². The number of aromatic nitrogens is 2. The molecule has 0 bridgehead atoms.